The predicted octanol–water partition coefficient (Wildman–Crippen LogP) is 5.41. The zero-order valence-corrected chi connectivity index (χ0v) is 18.3. The molecule has 3 aromatic carbocycles. The first kappa shape index (κ1) is 21.5. The Kier molecular flexibility index (Phi) is 6.42. The van der Waals surface area contributed by atoms with E-state index in [9.17, 15) is 14.7 Å². The lowest BCUT2D eigenvalue weighted by Gasteiger charge is -2.13. The minimum absolute atomic E-state index is 0.375. The molecule has 4 aromatic rings. The van der Waals surface area contributed by atoms with Crippen LogP contribution in [0.15, 0.2) is 89.9 Å². The molecule has 1 aromatic heterocycles. The van der Waals surface area contributed by atoms with Gasteiger partial charge in [0.1, 0.15) is 6.04 Å². The van der Waals surface area contributed by atoms with E-state index in [2.05, 4.69) is 4.99 Å². The molecular formula is C26H22N2O3S. The van der Waals surface area contributed by atoms with Crippen molar-refractivity contribution in [3.63, 3.8) is 0 Å². The summed E-state index contributed by atoms with van der Waals surface area (Å²) in [6.07, 6.45) is 2.19. The minimum atomic E-state index is -0.951. The van der Waals surface area contributed by atoms with Gasteiger partial charge in [-0.15, -0.1) is 0 Å². The van der Waals surface area contributed by atoms with Crippen LogP contribution in [0.2, 0.25) is 0 Å². The van der Waals surface area contributed by atoms with E-state index < -0.39 is 17.9 Å². The summed E-state index contributed by atoms with van der Waals surface area (Å²) in [5.74, 6) is -1.37. The summed E-state index contributed by atoms with van der Waals surface area (Å²) in [6, 6.07) is 25.7. The van der Waals surface area contributed by atoms with Crippen molar-refractivity contribution < 1.29 is 14.7 Å². The van der Waals surface area contributed by atoms with Crippen molar-refractivity contribution in [2.75, 3.05) is 0 Å². The van der Waals surface area contributed by atoms with Gasteiger partial charge in [-0.1, -0.05) is 91.1 Å². The Labute approximate surface area is 189 Å². The summed E-state index contributed by atoms with van der Waals surface area (Å²) in [4.78, 5) is 30.2. The number of carbonyl (C=O) groups excluding carboxylic acids is 1. The normalized spacial score (nSPS) is 13.3. The van der Waals surface area contributed by atoms with Crippen LogP contribution in [0.5, 0.6) is 0 Å². The van der Waals surface area contributed by atoms with Crippen LogP contribution in [0, 0.1) is 0 Å². The van der Waals surface area contributed by atoms with Crippen molar-refractivity contribution in [3.8, 4) is 0 Å². The lowest BCUT2D eigenvalue weighted by molar-refractivity contribution is -0.141. The molecule has 0 saturated carbocycles. The molecule has 4 rings (SSSR count). The van der Waals surface area contributed by atoms with Crippen LogP contribution < -0.4 is 4.80 Å². The van der Waals surface area contributed by atoms with Gasteiger partial charge in [-0.3, -0.25) is 4.79 Å². The molecule has 6 heteroatoms. The molecule has 160 valence electrons. The van der Waals surface area contributed by atoms with Gasteiger partial charge in [-0.25, -0.2) is 4.79 Å². The Hall–Kier alpha value is -3.77. The molecule has 1 N–H and O–H groups in total. The number of thiazole rings is 1. The Balaban J connectivity index is 1.91. The lowest BCUT2D eigenvalue weighted by Crippen LogP contribution is -2.27. The summed E-state index contributed by atoms with van der Waals surface area (Å²) in [6.45, 7) is 1.81. The Morgan fingerprint density at radius 3 is 2.25 bits per heavy atom. The predicted molar refractivity (Wildman–Crippen MR) is 128 cm³/mol. The monoisotopic (exact) mass is 442 g/mol. The third-order valence-corrected chi connectivity index (χ3v) is 6.17. The number of amides is 1. The van der Waals surface area contributed by atoms with E-state index in [1.807, 2.05) is 97.9 Å². The van der Waals surface area contributed by atoms with Gasteiger partial charge in [0.2, 0.25) is 0 Å². The highest BCUT2D eigenvalue weighted by atomic mass is 32.1. The third kappa shape index (κ3) is 4.45. The molecule has 0 radical (unpaired) electrons. The highest BCUT2D eigenvalue weighted by molar-refractivity contribution is 7.16. The zero-order chi connectivity index (χ0) is 22.5. The first-order chi connectivity index (χ1) is 15.6. The first-order valence-electron chi connectivity index (χ1n) is 10.3. The van der Waals surface area contributed by atoms with Gasteiger partial charge in [0.05, 0.1) is 10.2 Å². The maximum absolute atomic E-state index is 13.4. The smallest absolute Gasteiger partial charge is 0.326 e. The summed E-state index contributed by atoms with van der Waals surface area (Å²) in [7, 11) is 0. The minimum Gasteiger partial charge on any atom is -0.480 e. The number of nitrogens with zero attached hydrogens (tertiary/aromatic N) is 2. The van der Waals surface area contributed by atoms with Crippen LogP contribution >= 0.6 is 11.3 Å². The van der Waals surface area contributed by atoms with E-state index in [-0.39, 0.29) is 0 Å². The van der Waals surface area contributed by atoms with E-state index in [4.69, 9.17) is 0 Å². The van der Waals surface area contributed by atoms with Crippen molar-refractivity contribution in [3.05, 3.63) is 101 Å². The van der Waals surface area contributed by atoms with Gasteiger partial charge in [-0.05, 0) is 35.8 Å². The summed E-state index contributed by atoms with van der Waals surface area (Å²) in [5.41, 5.74) is 2.84. The maximum Gasteiger partial charge on any atom is 0.326 e. The number of carboxylic acid groups (broad SMARTS) is 1. The number of carboxylic acids is 1. The number of hydrogen-bond acceptors (Lipinski definition) is 3. The number of aromatic nitrogens is 1. The van der Waals surface area contributed by atoms with Crippen molar-refractivity contribution >= 4 is 45.1 Å². The van der Waals surface area contributed by atoms with Crippen LogP contribution in [0.4, 0.5) is 0 Å². The fraction of sp³-hybridized carbons (Fsp3) is 0.115. The van der Waals surface area contributed by atoms with Crippen molar-refractivity contribution in [1.29, 1.82) is 0 Å². The standard InChI is InChI=1S/C26H22N2O3S/c1-2-21(25(30)31)28-22-15-9-10-16-23(22)32-26(28)27-24(29)20(19-13-7-4-8-14-19)17-18-11-5-3-6-12-18/h3-17,21H,2H2,1H3,(H,30,31). The Morgan fingerprint density at radius 2 is 1.59 bits per heavy atom. The summed E-state index contributed by atoms with van der Waals surface area (Å²) in [5, 5.41) is 9.79. The van der Waals surface area contributed by atoms with E-state index in [1.54, 1.807) is 4.57 Å². The molecule has 0 aliphatic heterocycles. The molecule has 1 heterocycles. The number of rotatable bonds is 6. The van der Waals surface area contributed by atoms with Crippen LogP contribution in [-0.4, -0.2) is 21.6 Å². The molecule has 0 fully saturated rings. The molecular weight excluding hydrogens is 420 g/mol. The van der Waals surface area contributed by atoms with Gasteiger partial charge >= 0.3 is 5.97 Å². The number of aliphatic carboxylic acids is 1. The van der Waals surface area contributed by atoms with Gasteiger partial charge in [0.25, 0.3) is 5.91 Å². The number of hydrogen-bond donors (Lipinski definition) is 1. The average molecular weight is 443 g/mol. The van der Waals surface area contributed by atoms with Gasteiger partial charge in [0, 0.05) is 5.57 Å². The van der Waals surface area contributed by atoms with Crippen LogP contribution in [0.3, 0.4) is 0 Å². The lowest BCUT2D eigenvalue weighted by atomic mass is 10.0. The molecule has 32 heavy (non-hydrogen) atoms. The molecule has 0 saturated heterocycles. The SMILES string of the molecule is CCC(C(=O)O)n1c(=NC(=O)C(=Cc2ccccc2)c2ccccc2)sc2ccccc21. The fourth-order valence-electron chi connectivity index (χ4n) is 3.59. The van der Waals surface area contributed by atoms with Crippen molar-refractivity contribution in [2.45, 2.75) is 19.4 Å². The molecule has 0 aliphatic rings. The molecule has 0 spiro atoms. The maximum atomic E-state index is 13.4. The molecule has 1 unspecified atom stereocenters. The molecule has 1 amide bonds. The number of carbonyl (C=O) groups is 2. The Morgan fingerprint density at radius 1 is 0.969 bits per heavy atom. The zero-order valence-electron chi connectivity index (χ0n) is 17.5. The van der Waals surface area contributed by atoms with Gasteiger partial charge in [-0.2, -0.15) is 4.99 Å². The third-order valence-electron chi connectivity index (χ3n) is 5.14. The van der Waals surface area contributed by atoms with E-state index in [0.717, 1.165) is 21.3 Å². The van der Waals surface area contributed by atoms with Crippen molar-refractivity contribution in [1.82, 2.24) is 4.57 Å². The van der Waals surface area contributed by atoms with E-state index >= 15 is 0 Å². The Bertz CT molecular complexity index is 1350. The highest BCUT2D eigenvalue weighted by Crippen LogP contribution is 2.24. The quantitative estimate of drug-likeness (QED) is 0.321. The molecule has 0 bridgehead atoms. The summed E-state index contributed by atoms with van der Waals surface area (Å²) >= 11 is 1.32. The fourth-order valence-corrected chi connectivity index (χ4v) is 4.65. The second-order valence-electron chi connectivity index (χ2n) is 7.24. The van der Waals surface area contributed by atoms with Gasteiger partial charge < -0.3 is 9.67 Å². The average Bonchev–Trinajstić information content (AvgIpc) is 3.16. The van der Waals surface area contributed by atoms with E-state index in [1.165, 1.54) is 11.3 Å². The second kappa shape index (κ2) is 9.58. The van der Waals surface area contributed by atoms with Crippen LogP contribution in [0.1, 0.15) is 30.5 Å². The number of para-hydroxylation sites is 1. The number of fused-ring (bicyclic) bond motifs is 1. The molecule has 0 aliphatic carbocycles. The first-order valence-corrected chi connectivity index (χ1v) is 11.1. The molecule has 1 atom stereocenters. The summed E-state index contributed by atoms with van der Waals surface area (Å²) < 4.78 is 2.54. The highest BCUT2D eigenvalue weighted by Gasteiger charge is 2.22. The number of benzene rings is 3. The second-order valence-corrected chi connectivity index (χ2v) is 8.25. The topological polar surface area (TPSA) is 71.7 Å². The largest absolute Gasteiger partial charge is 0.480 e. The van der Waals surface area contributed by atoms with Crippen molar-refractivity contribution in [2.24, 2.45) is 4.99 Å². The van der Waals surface area contributed by atoms with Gasteiger partial charge in [0.15, 0.2) is 4.80 Å². The van der Waals surface area contributed by atoms with E-state index in [0.29, 0.717) is 16.8 Å². The van der Waals surface area contributed by atoms with Crippen LogP contribution in [0.25, 0.3) is 21.9 Å². The van der Waals surface area contributed by atoms with Crippen LogP contribution in [-0.2, 0) is 9.59 Å². The molecule has 5 nitrogen and oxygen atoms in total.